The molecule has 0 aliphatic carbocycles. The molecule has 2 amide bonds. The molecule has 37 heavy (non-hydrogen) atoms. The lowest BCUT2D eigenvalue weighted by Gasteiger charge is -2.12. The second-order valence-corrected chi connectivity index (χ2v) is 9.29. The third-order valence-electron chi connectivity index (χ3n) is 5.44. The van der Waals surface area contributed by atoms with E-state index in [1.54, 1.807) is 18.3 Å². The first kappa shape index (κ1) is 26.5. The molecular formula is C28H22Cl3N3O3. The topological polar surface area (TPSA) is 79.8 Å². The summed E-state index contributed by atoms with van der Waals surface area (Å²) in [6.07, 6.45) is 1.60. The minimum atomic E-state index is -0.354. The molecule has 0 unspecified atom stereocenters. The minimum Gasteiger partial charge on any atom is -0.488 e. The Kier molecular flexibility index (Phi) is 9.01. The zero-order valence-corrected chi connectivity index (χ0v) is 21.8. The highest BCUT2D eigenvalue weighted by atomic mass is 35.5. The first-order chi connectivity index (χ1) is 17.9. The molecule has 4 rings (SSSR count). The Morgan fingerprint density at radius 2 is 1.68 bits per heavy atom. The minimum absolute atomic E-state index is 0.0415. The number of ether oxygens (including phenoxy) is 1. The summed E-state index contributed by atoms with van der Waals surface area (Å²) < 4.78 is 6.07. The number of halogens is 3. The van der Waals surface area contributed by atoms with Crippen molar-refractivity contribution in [2.75, 3.05) is 6.54 Å². The molecule has 0 saturated heterocycles. The first-order valence-corrected chi connectivity index (χ1v) is 12.5. The van der Waals surface area contributed by atoms with Crippen LogP contribution in [0.15, 0.2) is 84.0 Å². The van der Waals surface area contributed by atoms with E-state index < -0.39 is 0 Å². The van der Waals surface area contributed by atoms with Gasteiger partial charge >= 0.3 is 0 Å². The quantitative estimate of drug-likeness (QED) is 0.180. The van der Waals surface area contributed by atoms with Gasteiger partial charge in [0.05, 0.1) is 16.3 Å². The summed E-state index contributed by atoms with van der Waals surface area (Å²) in [4.78, 5) is 24.5. The van der Waals surface area contributed by atoms with E-state index >= 15 is 0 Å². The molecule has 0 aromatic heterocycles. The van der Waals surface area contributed by atoms with Crippen LogP contribution in [0.2, 0.25) is 15.1 Å². The summed E-state index contributed by atoms with van der Waals surface area (Å²) in [6, 6.07) is 23.7. The molecule has 188 valence electrons. The van der Waals surface area contributed by atoms with Crippen LogP contribution >= 0.6 is 34.8 Å². The van der Waals surface area contributed by atoms with Gasteiger partial charge in [0.15, 0.2) is 0 Å². The van der Waals surface area contributed by atoms with E-state index in [0.29, 0.717) is 28.0 Å². The Bertz CT molecular complexity index is 1460. The van der Waals surface area contributed by atoms with Crippen molar-refractivity contribution < 1.29 is 14.3 Å². The van der Waals surface area contributed by atoms with Crippen LogP contribution in [-0.4, -0.2) is 24.6 Å². The van der Waals surface area contributed by atoms with Crippen molar-refractivity contribution >= 4 is 63.6 Å². The second kappa shape index (κ2) is 12.6. The average Bonchev–Trinajstić information content (AvgIpc) is 2.90. The highest BCUT2D eigenvalue weighted by Gasteiger charge is 2.10. The van der Waals surface area contributed by atoms with E-state index in [0.717, 1.165) is 21.9 Å². The molecule has 4 aromatic carbocycles. The molecule has 2 N–H and O–H groups in total. The van der Waals surface area contributed by atoms with Crippen LogP contribution in [0.1, 0.15) is 27.9 Å². The van der Waals surface area contributed by atoms with E-state index in [1.165, 1.54) is 6.07 Å². The van der Waals surface area contributed by atoms with Crippen LogP contribution in [0.3, 0.4) is 0 Å². The highest BCUT2D eigenvalue weighted by molar-refractivity contribution is 6.42. The molecule has 0 spiro atoms. The summed E-state index contributed by atoms with van der Waals surface area (Å²) >= 11 is 17.8. The van der Waals surface area contributed by atoms with E-state index in [4.69, 9.17) is 39.5 Å². The number of hydrogen-bond donors (Lipinski definition) is 2. The van der Waals surface area contributed by atoms with E-state index in [-0.39, 0.29) is 29.8 Å². The number of rotatable bonds is 9. The van der Waals surface area contributed by atoms with Gasteiger partial charge < -0.3 is 10.1 Å². The third kappa shape index (κ3) is 7.23. The number of fused-ring (bicyclic) bond motifs is 1. The van der Waals surface area contributed by atoms with Crippen molar-refractivity contribution in [2.24, 2.45) is 5.10 Å². The normalized spacial score (nSPS) is 11.0. The fraction of sp³-hybridized carbons (Fsp3) is 0.107. The van der Waals surface area contributed by atoms with Gasteiger partial charge in [-0.3, -0.25) is 9.59 Å². The maximum absolute atomic E-state index is 12.3. The molecule has 0 aliphatic rings. The maximum Gasteiger partial charge on any atom is 0.251 e. The van der Waals surface area contributed by atoms with Crippen LogP contribution in [0.25, 0.3) is 10.8 Å². The lowest BCUT2D eigenvalue weighted by Crippen LogP contribution is -2.29. The van der Waals surface area contributed by atoms with Gasteiger partial charge in [-0.2, -0.15) is 5.10 Å². The van der Waals surface area contributed by atoms with E-state index in [9.17, 15) is 9.59 Å². The largest absolute Gasteiger partial charge is 0.488 e. The average molecular weight is 555 g/mol. The van der Waals surface area contributed by atoms with Crippen molar-refractivity contribution in [1.82, 2.24) is 10.7 Å². The van der Waals surface area contributed by atoms with Crippen molar-refractivity contribution in [3.63, 3.8) is 0 Å². The monoisotopic (exact) mass is 553 g/mol. The standard InChI is InChI=1S/C28H22Cl3N3O3/c29-21-9-5-18(6-10-21)17-37-26-12-8-19-3-1-2-4-22(19)23(26)16-33-34-27(35)13-14-32-28(36)20-7-11-24(30)25(31)15-20/h1-12,15-16H,13-14,17H2,(H,32,36)(H,34,35). The van der Waals surface area contributed by atoms with E-state index in [2.05, 4.69) is 15.8 Å². The van der Waals surface area contributed by atoms with Gasteiger partial charge in [-0.1, -0.05) is 77.3 Å². The molecule has 0 fully saturated rings. The maximum atomic E-state index is 12.3. The second-order valence-electron chi connectivity index (χ2n) is 8.04. The number of amides is 2. The molecular weight excluding hydrogens is 533 g/mol. The van der Waals surface area contributed by atoms with Gasteiger partial charge in [0.1, 0.15) is 12.4 Å². The SMILES string of the molecule is O=C(CCNC(=O)c1ccc(Cl)c(Cl)c1)NN=Cc1c(OCc2ccc(Cl)cc2)ccc2ccccc12. The number of nitrogens with zero attached hydrogens (tertiary/aromatic N) is 1. The molecule has 6 nitrogen and oxygen atoms in total. The fourth-order valence-corrected chi connectivity index (χ4v) is 3.95. The highest BCUT2D eigenvalue weighted by Crippen LogP contribution is 2.27. The third-order valence-corrected chi connectivity index (χ3v) is 6.43. The molecule has 0 heterocycles. The van der Waals surface area contributed by atoms with Crippen LogP contribution < -0.4 is 15.5 Å². The fourth-order valence-electron chi connectivity index (χ4n) is 3.53. The van der Waals surface area contributed by atoms with Crippen molar-refractivity contribution in [2.45, 2.75) is 13.0 Å². The van der Waals surface area contributed by atoms with Gasteiger partial charge in [-0.15, -0.1) is 0 Å². The molecule has 0 bridgehead atoms. The zero-order chi connectivity index (χ0) is 26.2. The van der Waals surface area contributed by atoms with Gasteiger partial charge in [0.25, 0.3) is 5.91 Å². The number of benzene rings is 4. The number of carbonyl (C=O) groups is 2. The lowest BCUT2D eigenvalue weighted by molar-refractivity contribution is -0.120. The summed E-state index contributed by atoms with van der Waals surface area (Å²) in [6.45, 7) is 0.478. The van der Waals surface area contributed by atoms with Crippen LogP contribution in [0.4, 0.5) is 0 Å². The van der Waals surface area contributed by atoms with E-state index in [1.807, 2.05) is 60.7 Å². The van der Waals surface area contributed by atoms with Crippen LogP contribution in [0.5, 0.6) is 5.75 Å². The smallest absolute Gasteiger partial charge is 0.251 e. The summed E-state index contributed by atoms with van der Waals surface area (Å²) in [7, 11) is 0. The van der Waals surface area contributed by atoms with Crippen molar-refractivity contribution in [3.05, 3.63) is 111 Å². The Hall–Kier alpha value is -3.58. The Morgan fingerprint density at radius 1 is 0.892 bits per heavy atom. The Labute approximate surface area is 229 Å². The summed E-state index contributed by atoms with van der Waals surface area (Å²) in [5, 5.41) is 10.1. The predicted molar refractivity (Wildman–Crippen MR) is 149 cm³/mol. The zero-order valence-electron chi connectivity index (χ0n) is 19.5. The van der Waals surface area contributed by atoms with Gasteiger partial charge in [0, 0.05) is 29.1 Å². The van der Waals surface area contributed by atoms with Crippen molar-refractivity contribution in [3.8, 4) is 5.75 Å². The van der Waals surface area contributed by atoms with Gasteiger partial charge in [-0.05, 0) is 52.7 Å². The number of hydrazone groups is 1. The molecule has 0 atom stereocenters. The van der Waals surface area contributed by atoms with Gasteiger partial charge in [0.2, 0.25) is 5.91 Å². The Morgan fingerprint density at radius 3 is 2.46 bits per heavy atom. The Balaban J connectivity index is 1.37. The summed E-state index contributed by atoms with van der Waals surface area (Å²) in [5.74, 6) is -0.0804. The van der Waals surface area contributed by atoms with Crippen LogP contribution in [0, 0.1) is 0 Å². The molecule has 0 saturated carbocycles. The van der Waals surface area contributed by atoms with Crippen molar-refractivity contribution in [1.29, 1.82) is 0 Å². The van der Waals surface area contributed by atoms with Gasteiger partial charge in [-0.25, -0.2) is 5.43 Å². The molecule has 0 radical (unpaired) electrons. The number of nitrogens with one attached hydrogen (secondary N) is 2. The predicted octanol–water partition coefficient (Wildman–Crippen LogP) is 6.65. The van der Waals surface area contributed by atoms with Crippen LogP contribution in [-0.2, 0) is 11.4 Å². The first-order valence-electron chi connectivity index (χ1n) is 11.3. The molecule has 4 aromatic rings. The number of carbonyl (C=O) groups excluding carboxylic acids is 2. The summed E-state index contributed by atoms with van der Waals surface area (Å²) in [5.41, 5.74) is 4.57. The number of hydrogen-bond acceptors (Lipinski definition) is 4. The molecule has 9 heteroatoms. The lowest BCUT2D eigenvalue weighted by atomic mass is 10.0. The molecule has 0 aliphatic heterocycles.